The second-order valence-electron chi connectivity index (χ2n) is 9.07. The van der Waals surface area contributed by atoms with Gasteiger partial charge in [0, 0.05) is 38.0 Å². The van der Waals surface area contributed by atoms with Gasteiger partial charge in [-0.3, -0.25) is 4.31 Å². The molecule has 4 nitrogen and oxygen atoms in total. The molecule has 0 atom stereocenters. The van der Waals surface area contributed by atoms with Crippen molar-refractivity contribution in [1.29, 1.82) is 0 Å². The van der Waals surface area contributed by atoms with Crippen LogP contribution in [0.4, 0.5) is 4.79 Å². The molecule has 0 aromatic heterocycles. The molecule has 2 aliphatic rings. The number of nitrogens with one attached hydrogen (secondary N) is 1. The van der Waals surface area contributed by atoms with Crippen LogP contribution >= 0.6 is 11.9 Å². The van der Waals surface area contributed by atoms with E-state index in [4.69, 9.17) is 0 Å². The summed E-state index contributed by atoms with van der Waals surface area (Å²) in [5, 5.41) is 3.82. The van der Waals surface area contributed by atoms with Crippen molar-refractivity contribution in [2.24, 2.45) is 5.92 Å². The van der Waals surface area contributed by atoms with Crippen LogP contribution in [0.25, 0.3) is 0 Å². The summed E-state index contributed by atoms with van der Waals surface area (Å²) >= 11 is 1.94. The Bertz CT molecular complexity index is 608. The average Bonchev–Trinajstić information content (AvgIpc) is 2.74. The molecule has 1 heterocycles. The maximum Gasteiger partial charge on any atom is 0.317 e. The van der Waals surface area contributed by atoms with E-state index in [-0.39, 0.29) is 6.03 Å². The van der Waals surface area contributed by atoms with E-state index in [9.17, 15) is 4.79 Å². The van der Waals surface area contributed by atoms with Crippen LogP contribution in [0.15, 0.2) is 30.3 Å². The van der Waals surface area contributed by atoms with E-state index in [1.54, 1.807) is 0 Å². The Morgan fingerprint density at radius 2 is 1.76 bits per heavy atom. The van der Waals surface area contributed by atoms with Gasteiger partial charge in [-0.05, 0) is 62.3 Å². The number of amides is 2. The van der Waals surface area contributed by atoms with Crippen molar-refractivity contribution in [2.75, 3.05) is 26.7 Å². The van der Waals surface area contributed by atoms with Crippen molar-refractivity contribution in [3.63, 3.8) is 0 Å². The van der Waals surface area contributed by atoms with E-state index in [2.05, 4.69) is 53.8 Å². The van der Waals surface area contributed by atoms with Crippen LogP contribution in [0.2, 0.25) is 0 Å². The van der Waals surface area contributed by atoms with E-state index in [1.165, 1.54) is 31.2 Å². The Hall–Kier alpha value is -1.20. The van der Waals surface area contributed by atoms with Crippen LogP contribution in [-0.2, 0) is 0 Å². The van der Waals surface area contributed by atoms with Crippen LogP contribution in [0, 0.1) is 5.92 Å². The lowest BCUT2D eigenvalue weighted by molar-refractivity contribution is 0.164. The maximum atomic E-state index is 12.6. The summed E-state index contributed by atoms with van der Waals surface area (Å²) in [6.45, 7) is 7.45. The highest BCUT2D eigenvalue weighted by Gasteiger charge is 2.26. The molecule has 162 valence electrons. The van der Waals surface area contributed by atoms with E-state index < -0.39 is 0 Å². The molecule has 1 aromatic carbocycles. The topological polar surface area (TPSA) is 35.6 Å². The summed E-state index contributed by atoms with van der Waals surface area (Å²) in [4.78, 5) is 14.5. The molecule has 1 aliphatic carbocycles. The fraction of sp³-hybridized carbons (Fsp3) is 0.708. The predicted molar refractivity (Wildman–Crippen MR) is 124 cm³/mol. The predicted octanol–water partition coefficient (Wildman–Crippen LogP) is 5.51. The first kappa shape index (κ1) is 22.5. The minimum Gasteiger partial charge on any atom is -0.338 e. The molecule has 0 spiro atoms. The van der Waals surface area contributed by atoms with Crippen LogP contribution in [0.5, 0.6) is 0 Å². The lowest BCUT2D eigenvalue weighted by Crippen LogP contribution is -2.48. The molecule has 0 bridgehead atoms. The van der Waals surface area contributed by atoms with E-state index in [0.29, 0.717) is 11.3 Å². The second kappa shape index (κ2) is 11.3. The van der Waals surface area contributed by atoms with Gasteiger partial charge in [0.05, 0.1) is 0 Å². The fourth-order valence-corrected chi connectivity index (χ4v) is 5.83. The lowest BCUT2D eigenvalue weighted by Gasteiger charge is -2.36. The Morgan fingerprint density at radius 1 is 1.10 bits per heavy atom. The summed E-state index contributed by atoms with van der Waals surface area (Å²) < 4.78 is 2.46. The minimum absolute atomic E-state index is 0.109. The summed E-state index contributed by atoms with van der Waals surface area (Å²) in [6.07, 6.45) is 8.42. The molecule has 2 amide bonds. The average molecular weight is 418 g/mol. The van der Waals surface area contributed by atoms with E-state index in [0.717, 1.165) is 50.7 Å². The first-order valence-electron chi connectivity index (χ1n) is 11.5. The molecule has 1 saturated carbocycles. The third-order valence-electron chi connectivity index (χ3n) is 6.60. The molecule has 1 saturated heterocycles. The van der Waals surface area contributed by atoms with Gasteiger partial charge in [0.1, 0.15) is 0 Å². The standard InChI is InChI=1S/C24H39N3OS/c1-19(2)29-27-17-14-23(15-18-27)26(3)24(28)25-16-13-20-9-11-22(12-10-20)21-7-5-4-6-8-21/h4-8,19-20,22-23H,9-18H2,1-3H3,(H,25,28). The highest BCUT2D eigenvalue weighted by atomic mass is 32.2. The monoisotopic (exact) mass is 417 g/mol. The van der Waals surface area contributed by atoms with Gasteiger partial charge in [0.25, 0.3) is 0 Å². The second-order valence-corrected chi connectivity index (χ2v) is 10.7. The zero-order chi connectivity index (χ0) is 20.6. The molecule has 1 aliphatic heterocycles. The Labute approximate surface area is 181 Å². The number of hydrogen-bond acceptors (Lipinski definition) is 3. The molecule has 1 aromatic rings. The van der Waals surface area contributed by atoms with Crippen molar-refractivity contribution in [3.05, 3.63) is 35.9 Å². The third kappa shape index (κ3) is 6.92. The first-order valence-corrected chi connectivity index (χ1v) is 12.3. The molecule has 29 heavy (non-hydrogen) atoms. The van der Waals surface area contributed by atoms with Crippen molar-refractivity contribution < 1.29 is 4.79 Å². The zero-order valence-corrected chi connectivity index (χ0v) is 19.3. The smallest absolute Gasteiger partial charge is 0.317 e. The number of carbonyl (C=O) groups excluding carboxylic acids is 1. The van der Waals surface area contributed by atoms with Crippen LogP contribution in [-0.4, -0.2) is 53.2 Å². The zero-order valence-electron chi connectivity index (χ0n) is 18.5. The highest BCUT2D eigenvalue weighted by Crippen LogP contribution is 2.36. The molecule has 3 rings (SSSR count). The van der Waals surface area contributed by atoms with Gasteiger partial charge in [0.15, 0.2) is 0 Å². The van der Waals surface area contributed by atoms with E-state index >= 15 is 0 Å². The number of benzene rings is 1. The van der Waals surface area contributed by atoms with Gasteiger partial charge in [-0.15, -0.1) is 0 Å². The van der Waals surface area contributed by atoms with Gasteiger partial charge in [0.2, 0.25) is 0 Å². The Kier molecular flexibility index (Phi) is 8.73. The summed E-state index contributed by atoms with van der Waals surface area (Å²) in [5.74, 6) is 1.49. The van der Waals surface area contributed by atoms with Crippen molar-refractivity contribution in [1.82, 2.24) is 14.5 Å². The number of urea groups is 1. The van der Waals surface area contributed by atoms with Crippen molar-refractivity contribution >= 4 is 18.0 Å². The van der Waals surface area contributed by atoms with E-state index in [1.807, 2.05) is 23.9 Å². The molecular formula is C24H39N3OS. The summed E-state index contributed by atoms with van der Waals surface area (Å²) in [6, 6.07) is 11.4. The molecular weight excluding hydrogens is 378 g/mol. The first-order chi connectivity index (χ1) is 14.0. The minimum atomic E-state index is 0.109. The molecule has 0 radical (unpaired) electrons. The molecule has 2 fully saturated rings. The van der Waals surface area contributed by atoms with Crippen molar-refractivity contribution in [2.45, 2.75) is 76.0 Å². The number of carbonyl (C=O) groups is 1. The van der Waals surface area contributed by atoms with Crippen LogP contribution < -0.4 is 5.32 Å². The quantitative estimate of drug-likeness (QED) is 0.594. The maximum absolute atomic E-state index is 12.6. The molecule has 1 N–H and O–H groups in total. The van der Waals surface area contributed by atoms with Crippen LogP contribution in [0.3, 0.4) is 0 Å². The molecule has 0 unspecified atom stereocenters. The normalized spacial score (nSPS) is 23.9. The van der Waals surface area contributed by atoms with Gasteiger partial charge in [-0.1, -0.05) is 56.1 Å². The number of piperidine rings is 1. The van der Waals surface area contributed by atoms with Gasteiger partial charge >= 0.3 is 6.03 Å². The van der Waals surface area contributed by atoms with Gasteiger partial charge in [-0.25, -0.2) is 4.79 Å². The third-order valence-corrected chi connectivity index (χ3v) is 7.68. The van der Waals surface area contributed by atoms with Gasteiger partial charge in [-0.2, -0.15) is 0 Å². The lowest BCUT2D eigenvalue weighted by atomic mass is 9.77. The number of nitrogens with zero attached hydrogens (tertiary/aromatic N) is 2. The number of rotatable bonds is 7. The summed E-state index contributed by atoms with van der Waals surface area (Å²) in [7, 11) is 1.97. The number of hydrogen-bond donors (Lipinski definition) is 1. The Morgan fingerprint density at radius 3 is 2.38 bits per heavy atom. The van der Waals surface area contributed by atoms with Crippen LogP contribution in [0.1, 0.15) is 70.3 Å². The fourth-order valence-electron chi connectivity index (χ4n) is 4.82. The Balaban J connectivity index is 1.31. The SMILES string of the molecule is CC(C)SN1CCC(N(C)C(=O)NCCC2CCC(c3ccccc3)CC2)CC1. The van der Waals surface area contributed by atoms with Gasteiger partial charge < -0.3 is 10.2 Å². The highest BCUT2D eigenvalue weighted by molar-refractivity contribution is 7.97. The van der Waals surface area contributed by atoms with Crippen molar-refractivity contribution in [3.8, 4) is 0 Å². The largest absolute Gasteiger partial charge is 0.338 e. The molecule has 5 heteroatoms. The summed E-state index contributed by atoms with van der Waals surface area (Å²) in [5.41, 5.74) is 1.50.